The summed E-state index contributed by atoms with van der Waals surface area (Å²) in [5.74, 6) is -1.38. The van der Waals surface area contributed by atoms with Gasteiger partial charge in [0.05, 0.1) is 12.8 Å². The van der Waals surface area contributed by atoms with Gasteiger partial charge in [0, 0.05) is 10.0 Å². The van der Waals surface area contributed by atoms with E-state index in [4.69, 9.17) is 4.74 Å². The Hall–Kier alpha value is -2.15. The molecular formula is C14H15BrN2O4. The number of halogens is 1. The molecule has 6 nitrogen and oxygen atoms in total. The van der Waals surface area contributed by atoms with Gasteiger partial charge in [0.1, 0.15) is 11.3 Å². The molecule has 1 aromatic rings. The minimum absolute atomic E-state index is 0.118. The van der Waals surface area contributed by atoms with Gasteiger partial charge in [0.2, 0.25) is 0 Å². The zero-order valence-electron chi connectivity index (χ0n) is 11.6. The Labute approximate surface area is 130 Å². The lowest BCUT2D eigenvalue weighted by Gasteiger charge is -2.03. The van der Waals surface area contributed by atoms with Gasteiger partial charge in [-0.15, -0.1) is 0 Å². The van der Waals surface area contributed by atoms with Gasteiger partial charge in [-0.3, -0.25) is 4.79 Å². The van der Waals surface area contributed by atoms with Crippen LogP contribution >= 0.6 is 15.9 Å². The molecule has 0 bridgehead atoms. The molecule has 0 aliphatic rings. The number of hydrazone groups is 1. The van der Waals surface area contributed by atoms with Crippen LogP contribution in [0.5, 0.6) is 0 Å². The largest absolute Gasteiger partial charge is 0.512 e. The Balaban J connectivity index is 2.72. The number of nitrogens with zero attached hydrogens (tertiary/aromatic N) is 1. The van der Waals surface area contributed by atoms with Crippen molar-refractivity contribution < 1.29 is 19.4 Å². The average molecular weight is 355 g/mol. The van der Waals surface area contributed by atoms with E-state index < -0.39 is 11.9 Å². The summed E-state index contributed by atoms with van der Waals surface area (Å²) in [6.07, 6.45) is 1.05. The molecule has 0 saturated carbocycles. The number of esters is 1. The van der Waals surface area contributed by atoms with Crippen molar-refractivity contribution in [3.8, 4) is 0 Å². The fraction of sp³-hybridized carbons (Fsp3) is 0.214. The highest BCUT2D eigenvalue weighted by molar-refractivity contribution is 9.10. The Kier molecular flexibility index (Phi) is 6.61. The summed E-state index contributed by atoms with van der Waals surface area (Å²) in [4.78, 5) is 23.3. The Bertz CT molecular complexity index is 575. The average Bonchev–Trinajstić information content (AvgIpc) is 2.43. The first kappa shape index (κ1) is 16.9. The second-order valence-corrected chi connectivity index (χ2v) is 4.84. The van der Waals surface area contributed by atoms with E-state index in [1.807, 2.05) is 0 Å². The molecular weight excluding hydrogens is 340 g/mol. The minimum atomic E-state index is -0.709. The zero-order valence-corrected chi connectivity index (χ0v) is 13.2. The topological polar surface area (TPSA) is 88.0 Å². The number of hydrogen-bond acceptors (Lipinski definition) is 5. The van der Waals surface area contributed by atoms with Crippen molar-refractivity contribution in [3.05, 3.63) is 45.6 Å². The Morgan fingerprint density at radius 1 is 1.38 bits per heavy atom. The maximum Gasteiger partial charge on any atom is 0.343 e. The molecule has 0 spiro atoms. The number of carbonyl (C=O) groups is 2. The molecule has 1 rings (SSSR count). The highest BCUT2D eigenvalue weighted by atomic mass is 79.9. The Morgan fingerprint density at radius 2 is 2.00 bits per heavy atom. The molecule has 0 heterocycles. The van der Waals surface area contributed by atoms with Crippen molar-refractivity contribution in [3.63, 3.8) is 0 Å². The number of carbonyl (C=O) groups excluding carboxylic acids is 2. The van der Waals surface area contributed by atoms with Crippen LogP contribution in [0, 0.1) is 0 Å². The number of ether oxygens (including phenoxy) is 1. The molecule has 1 amide bonds. The lowest BCUT2D eigenvalue weighted by atomic mass is 10.2. The molecule has 7 heteroatoms. The van der Waals surface area contributed by atoms with Crippen LogP contribution in [0.2, 0.25) is 0 Å². The number of aliphatic hydroxyl groups is 1. The summed E-state index contributed by atoms with van der Waals surface area (Å²) in [5.41, 5.74) is 2.56. The van der Waals surface area contributed by atoms with Crippen molar-refractivity contribution >= 4 is 34.0 Å². The highest BCUT2D eigenvalue weighted by Gasteiger charge is 2.12. The summed E-state index contributed by atoms with van der Waals surface area (Å²) >= 11 is 3.27. The van der Waals surface area contributed by atoms with Gasteiger partial charge in [-0.2, -0.15) is 5.10 Å². The van der Waals surface area contributed by atoms with Gasteiger partial charge in [0.15, 0.2) is 0 Å². The van der Waals surface area contributed by atoms with Crippen LogP contribution in [0.15, 0.2) is 45.2 Å². The minimum Gasteiger partial charge on any atom is -0.512 e. The van der Waals surface area contributed by atoms with Crippen molar-refractivity contribution in [2.45, 2.75) is 13.8 Å². The van der Waals surface area contributed by atoms with Gasteiger partial charge >= 0.3 is 5.97 Å². The first-order valence-electron chi connectivity index (χ1n) is 6.11. The maximum absolute atomic E-state index is 11.8. The third-order valence-corrected chi connectivity index (χ3v) is 2.88. The van der Waals surface area contributed by atoms with Crippen LogP contribution < -0.4 is 5.43 Å². The Morgan fingerprint density at radius 3 is 2.52 bits per heavy atom. The maximum atomic E-state index is 11.8. The van der Waals surface area contributed by atoms with E-state index in [1.165, 1.54) is 6.92 Å². The van der Waals surface area contributed by atoms with Crippen molar-refractivity contribution in [1.29, 1.82) is 0 Å². The zero-order chi connectivity index (χ0) is 15.8. The van der Waals surface area contributed by atoms with Gasteiger partial charge in [-0.25, -0.2) is 10.2 Å². The first-order chi connectivity index (χ1) is 9.95. The number of nitrogens with one attached hydrogen (secondary N) is 1. The second kappa shape index (κ2) is 8.21. The van der Waals surface area contributed by atoms with E-state index in [0.29, 0.717) is 5.56 Å². The summed E-state index contributed by atoms with van der Waals surface area (Å²) in [6.45, 7) is 3.15. The number of hydrogen-bond donors (Lipinski definition) is 2. The van der Waals surface area contributed by atoms with Crippen molar-refractivity contribution in [2.75, 3.05) is 6.61 Å². The van der Waals surface area contributed by atoms with Crippen LogP contribution in [-0.4, -0.2) is 29.8 Å². The van der Waals surface area contributed by atoms with Crippen LogP contribution in [0.3, 0.4) is 0 Å². The van der Waals surface area contributed by atoms with Crippen LogP contribution in [0.1, 0.15) is 24.2 Å². The van der Waals surface area contributed by atoms with Crippen LogP contribution in [0.25, 0.3) is 0 Å². The van der Waals surface area contributed by atoms with Gasteiger partial charge < -0.3 is 9.84 Å². The van der Waals surface area contributed by atoms with Crippen LogP contribution in [0.4, 0.5) is 0 Å². The summed E-state index contributed by atoms with van der Waals surface area (Å²) < 4.78 is 5.61. The molecule has 0 atom stereocenters. The molecule has 0 aliphatic heterocycles. The molecule has 2 N–H and O–H groups in total. The number of rotatable bonds is 5. The van der Waals surface area contributed by atoms with Gasteiger partial charge in [-0.05, 0) is 38.1 Å². The van der Waals surface area contributed by atoms with Crippen molar-refractivity contribution in [1.82, 2.24) is 5.43 Å². The SMILES string of the molecule is CCOC(=O)C(/C=N/NC(=O)c1ccc(Br)cc1)=C(/C)O. The van der Waals surface area contributed by atoms with E-state index in [0.717, 1.165) is 10.7 Å². The smallest absolute Gasteiger partial charge is 0.343 e. The quantitative estimate of drug-likeness (QED) is 0.279. The molecule has 112 valence electrons. The fourth-order valence-electron chi connectivity index (χ4n) is 1.32. The molecule has 0 unspecified atom stereocenters. The molecule has 0 radical (unpaired) electrons. The summed E-state index contributed by atoms with van der Waals surface area (Å²) in [7, 11) is 0. The lowest BCUT2D eigenvalue weighted by molar-refractivity contribution is -0.138. The highest BCUT2D eigenvalue weighted by Crippen LogP contribution is 2.10. The summed E-state index contributed by atoms with van der Waals surface area (Å²) in [5, 5.41) is 13.0. The summed E-state index contributed by atoms with van der Waals surface area (Å²) in [6, 6.07) is 6.68. The molecule has 21 heavy (non-hydrogen) atoms. The predicted molar refractivity (Wildman–Crippen MR) is 82.1 cm³/mol. The molecule has 0 fully saturated rings. The molecule has 1 aromatic carbocycles. The van der Waals surface area contributed by atoms with Crippen molar-refractivity contribution in [2.24, 2.45) is 5.10 Å². The van der Waals surface area contributed by atoms with E-state index in [2.05, 4.69) is 26.5 Å². The van der Waals surface area contributed by atoms with E-state index >= 15 is 0 Å². The lowest BCUT2D eigenvalue weighted by Crippen LogP contribution is -2.19. The number of amides is 1. The van der Waals surface area contributed by atoms with Gasteiger partial charge in [0.25, 0.3) is 5.91 Å². The van der Waals surface area contributed by atoms with Crippen LogP contribution in [-0.2, 0) is 9.53 Å². The number of aliphatic hydroxyl groups excluding tert-OH is 1. The van der Waals surface area contributed by atoms with E-state index in [9.17, 15) is 14.7 Å². The standard InChI is InChI=1S/C14H15BrN2O4/c1-3-21-14(20)12(9(2)18)8-16-17-13(19)10-4-6-11(15)7-5-10/h4-8,18H,3H2,1-2H3,(H,17,19)/b12-9-,16-8+. The predicted octanol–water partition coefficient (Wildman–Crippen LogP) is 2.56. The molecule has 0 aromatic heterocycles. The van der Waals surface area contributed by atoms with E-state index in [-0.39, 0.29) is 17.9 Å². The fourth-order valence-corrected chi connectivity index (χ4v) is 1.59. The first-order valence-corrected chi connectivity index (χ1v) is 6.91. The van der Waals surface area contributed by atoms with Gasteiger partial charge in [-0.1, -0.05) is 15.9 Å². The molecule has 0 aliphatic carbocycles. The number of benzene rings is 1. The second-order valence-electron chi connectivity index (χ2n) is 3.93. The van der Waals surface area contributed by atoms with E-state index in [1.54, 1.807) is 31.2 Å². The third kappa shape index (κ3) is 5.39. The normalized spacial score (nSPS) is 12.0. The third-order valence-electron chi connectivity index (χ3n) is 2.35. The monoisotopic (exact) mass is 354 g/mol. The molecule has 0 saturated heterocycles. The number of allylic oxidation sites excluding steroid dienone is 1.